The van der Waals surface area contributed by atoms with Crippen LogP contribution in [0.4, 0.5) is 0 Å². The van der Waals surface area contributed by atoms with Gasteiger partial charge in [0.25, 0.3) is 5.91 Å². The van der Waals surface area contributed by atoms with Gasteiger partial charge in [-0.05, 0) is 44.0 Å². The number of thiazole rings is 1. The summed E-state index contributed by atoms with van der Waals surface area (Å²) >= 11 is 7.42. The van der Waals surface area contributed by atoms with E-state index in [1.807, 2.05) is 68.4 Å². The van der Waals surface area contributed by atoms with E-state index in [9.17, 15) is 4.79 Å². The van der Waals surface area contributed by atoms with Crippen molar-refractivity contribution in [2.75, 3.05) is 6.54 Å². The van der Waals surface area contributed by atoms with Crippen LogP contribution in [0.2, 0.25) is 5.02 Å². The van der Waals surface area contributed by atoms with E-state index in [2.05, 4.69) is 20.6 Å². The molecule has 0 atom stereocenters. The Labute approximate surface area is 183 Å². The Hall–Kier alpha value is -3.03. The van der Waals surface area contributed by atoms with Crippen molar-refractivity contribution in [2.45, 2.75) is 20.3 Å². The second-order valence-electron chi connectivity index (χ2n) is 6.84. The molecule has 6 nitrogen and oxygen atoms in total. The number of amides is 1. The highest BCUT2D eigenvalue weighted by Gasteiger charge is 2.20. The van der Waals surface area contributed by atoms with E-state index in [0.29, 0.717) is 32.8 Å². The first-order valence-electron chi connectivity index (χ1n) is 9.51. The van der Waals surface area contributed by atoms with E-state index in [4.69, 9.17) is 11.6 Å². The molecular formula is C22H20ClN5OS. The number of carbonyl (C=O) groups excluding carboxylic acids is 1. The maximum atomic E-state index is 12.7. The van der Waals surface area contributed by atoms with E-state index < -0.39 is 0 Å². The van der Waals surface area contributed by atoms with Crippen molar-refractivity contribution >= 4 is 28.8 Å². The van der Waals surface area contributed by atoms with Gasteiger partial charge in [0.2, 0.25) is 0 Å². The van der Waals surface area contributed by atoms with Gasteiger partial charge in [-0.15, -0.1) is 16.4 Å². The lowest BCUT2D eigenvalue weighted by Crippen LogP contribution is -2.25. The number of nitrogens with zero attached hydrogens (tertiary/aromatic N) is 4. The van der Waals surface area contributed by atoms with Crippen LogP contribution >= 0.6 is 22.9 Å². The molecule has 0 bridgehead atoms. The van der Waals surface area contributed by atoms with Crippen molar-refractivity contribution < 1.29 is 4.79 Å². The lowest BCUT2D eigenvalue weighted by molar-refractivity contribution is 0.0957. The number of aryl methyl sites for hydroxylation is 1. The number of nitrogens with one attached hydrogen (secondary N) is 1. The molecule has 0 saturated carbocycles. The van der Waals surface area contributed by atoms with E-state index in [1.165, 1.54) is 16.9 Å². The Morgan fingerprint density at radius 1 is 1.13 bits per heavy atom. The monoisotopic (exact) mass is 437 g/mol. The van der Waals surface area contributed by atoms with E-state index in [-0.39, 0.29) is 5.91 Å². The number of carbonyl (C=O) groups is 1. The Bertz CT molecular complexity index is 1190. The third-order valence-electron chi connectivity index (χ3n) is 4.69. The van der Waals surface area contributed by atoms with Gasteiger partial charge in [-0.2, -0.15) is 0 Å². The molecule has 2 aromatic carbocycles. The van der Waals surface area contributed by atoms with Gasteiger partial charge < -0.3 is 5.32 Å². The van der Waals surface area contributed by atoms with Gasteiger partial charge in [0.15, 0.2) is 0 Å². The van der Waals surface area contributed by atoms with Gasteiger partial charge in [0.05, 0.1) is 17.1 Å². The summed E-state index contributed by atoms with van der Waals surface area (Å²) in [7, 11) is 0. The third kappa shape index (κ3) is 4.27. The number of hydrogen-bond donors (Lipinski definition) is 1. The zero-order valence-electron chi connectivity index (χ0n) is 16.6. The van der Waals surface area contributed by atoms with Crippen LogP contribution in [-0.4, -0.2) is 32.4 Å². The summed E-state index contributed by atoms with van der Waals surface area (Å²) in [6.45, 7) is 4.33. The van der Waals surface area contributed by atoms with Gasteiger partial charge in [-0.3, -0.25) is 4.79 Å². The highest BCUT2D eigenvalue weighted by atomic mass is 35.5. The lowest BCUT2D eigenvalue weighted by Gasteiger charge is -2.04. The minimum absolute atomic E-state index is 0.118. The Morgan fingerprint density at radius 2 is 1.93 bits per heavy atom. The van der Waals surface area contributed by atoms with E-state index in [0.717, 1.165) is 17.8 Å². The molecule has 0 aliphatic heterocycles. The van der Waals surface area contributed by atoms with Gasteiger partial charge in [0, 0.05) is 11.6 Å². The molecule has 8 heteroatoms. The fourth-order valence-electron chi connectivity index (χ4n) is 3.13. The topological polar surface area (TPSA) is 72.7 Å². The third-order valence-corrected chi connectivity index (χ3v) is 6.09. The summed E-state index contributed by atoms with van der Waals surface area (Å²) in [5, 5.41) is 12.8. The molecule has 0 fully saturated rings. The smallest absolute Gasteiger partial charge is 0.263 e. The average Bonchev–Trinajstić information content (AvgIpc) is 3.31. The van der Waals surface area contributed by atoms with Crippen LogP contribution in [0.5, 0.6) is 0 Å². The van der Waals surface area contributed by atoms with Crippen molar-refractivity contribution in [3.63, 3.8) is 0 Å². The Balaban J connectivity index is 1.50. The number of benzene rings is 2. The Kier molecular flexibility index (Phi) is 5.92. The van der Waals surface area contributed by atoms with Crippen molar-refractivity contribution in [3.05, 3.63) is 81.4 Å². The number of rotatable bonds is 6. The maximum absolute atomic E-state index is 12.7. The minimum Gasteiger partial charge on any atom is -0.351 e. The SMILES string of the molecule is Cc1nc(-c2nnn(-c3cccc(Cl)c3)c2C)sc1C(=O)NCCc1ccccc1. The predicted molar refractivity (Wildman–Crippen MR) is 119 cm³/mol. The molecular weight excluding hydrogens is 418 g/mol. The molecule has 2 aromatic heterocycles. The molecule has 4 aromatic rings. The van der Waals surface area contributed by atoms with E-state index >= 15 is 0 Å². The molecule has 30 heavy (non-hydrogen) atoms. The molecule has 152 valence electrons. The van der Waals surface area contributed by atoms with Crippen molar-refractivity contribution in [1.29, 1.82) is 0 Å². The quantitative estimate of drug-likeness (QED) is 0.477. The maximum Gasteiger partial charge on any atom is 0.263 e. The summed E-state index contributed by atoms with van der Waals surface area (Å²) in [5.74, 6) is -0.118. The van der Waals surface area contributed by atoms with Gasteiger partial charge >= 0.3 is 0 Å². The fraction of sp³-hybridized carbons (Fsp3) is 0.182. The highest BCUT2D eigenvalue weighted by Crippen LogP contribution is 2.29. The minimum atomic E-state index is -0.118. The summed E-state index contributed by atoms with van der Waals surface area (Å²) in [5.41, 5.74) is 4.19. The molecule has 0 spiro atoms. The van der Waals surface area contributed by atoms with Crippen LogP contribution in [0.3, 0.4) is 0 Å². The van der Waals surface area contributed by atoms with Crippen molar-refractivity contribution in [1.82, 2.24) is 25.3 Å². The Morgan fingerprint density at radius 3 is 2.70 bits per heavy atom. The predicted octanol–water partition coefficient (Wildman–Crippen LogP) is 4.63. The van der Waals surface area contributed by atoms with Crippen molar-refractivity contribution in [2.24, 2.45) is 0 Å². The number of aromatic nitrogens is 4. The molecule has 0 saturated heterocycles. The summed E-state index contributed by atoms with van der Waals surface area (Å²) in [6.07, 6.45) is 0.782. The molecule has 1 amide bonds. The molecule has 4 rings (SSSR count). The standard InChI is InChI=1S/C22H20ClN5OS/c1-14-20(21(29)24-12-11-16-7-4-3-5-8-16)30-22(25-14)19-15(2)28(27-26-19)18-10-6-9-17(23)13-18/h3-10,13H,11-12H2,1-2H3,(H,24,29). The number of hydrogen-bond acceptors (Lipinski definition) is 5. The summed E-state index contributed by atoms with van der Waals surface area (Å²) < 4.78 is 1.72. The molecule has 0 aliphatic carbocycles. The first-order chi connectivity index (χ1) is 14.5. The normalized spacial score (nSPS) is 10.9. The summed E-state index contributed by atoms with van der Waals surface area (Å²) in [4.78, 5) is 17.8. The van der Waals surface area contributed by atoms with Crippen LogP contribution in [0, 0.1) is 13.8 Å². The van der Waals surface area contributed by atoms with Gasteiger partial charge in [-0.1, -0.05) is 53.2 Å². The highest BCUT2D eigenvalue weighted by molar-refractivity contribution is 7.17. The first kappa shape index (κ1) is 20.3. The van der Waals surface area contributed by atoms with Crippen LogP contribution < -0.4 is 5.32 Å². The first-order valence-corrected chi connectivity index (χ1v) is 10.7. The summed E-state index contributed by atoms with van der Waals surface area (Å²) in [6, 6.07) is 17.5. The largest absolute Gasteiger partial charge is 0.351 e. The lowest BCUT2D eigenvalue weighted by atomic mass is 10.1. The fourth-order valence-corrected chi connectivity index (χ4v) is 4.34. The molecule has 0 aliphatic rings. The van der Waals surface area contributed by atoms with Gasteiger partial charge in [-0.25, -0.2) is 9.67 Å². The van der Waals surface area contributed by atoms with Crippen LogP contribution in [-0.2, 0) is 6.42 Å². The molecule has 0 unspecified atom stereocenters. The number of halogens is 1. The van der Waals surface area contributed by atoms with Crippen LogP contribution in [0.25, 0.3) is 16.4 Å². The second-order valence-corrected chi connectivity index (χ2v) is 8.28. The average molecular weight is 438 g/mol. The van der Waals surface area contributed by atoms with Crippen LogP contribution in [0.15, 0.2) is 54.6 Å². The van der Waals surface area contributed by atoms with Crippen LogP contribution in [0.1, 0.15) is 26.6 Å². The zero-order chi connectivity index (χ0) is 21.1. The second kappa shape index (κ2) is 8.77. The van der Waals surface area contributed by atoms with E-state index in [1.54, 1.807) is 4.68 Å². The van der Waals surface area contributed by atoms with Gasteiger partial charge in [0.1, 0.15) is 15.6 Å². The zero-order valence-corrected chi connectivity index (χ0v) is 18.2. The van der Waals surface area contributed by atoms with Crippen molar-refractivity contribution in [3.8, 4) is 16.4 Å². The molecule has 2 heterocycles. The molecule has 0 radical (unpaired) electrons. The molecule has 1 N–H and O–H groups in total.